The quantitative estimate of drug-likeness (QED) is 0.762. The molecule has 0 amide bonds. The first-order chi connectivity index (χ1) is 5.95. The molecule has 74 valence electrons. The molecule has 0 aromatic carbocycles. The van der Waals surface area contributed by atoms with Gasteiger partial charge in [-0.05, 0) is 6.42 Å². The molecule has 0 fully saturated rings. The van der Waals surface area contributed by atoms with E-state index in [4.69, 9.17) is 0 Å². The summed E-state index contributed by atoms with van der Waals surface area (Å²) < 4.78 is 1.65. The molecule has 0 spiro atoms. The topological polar surface area (TPSA) is 38.0 Å². The van der Waals surface area contributed by atoms with E-state index in [9.17, 15) is 5.11 Å². The van der Waals surface area contributed by atoms with Crippen LogP contribution in [0.2, 0.25) is 0 Å². The molecule has 3 heteroatoms. The molecule has 1 aromatic rings. The summed E-state index contributed by atoms with van der Waals surface area (Å²) in [5, 5.41) is 13.9. The van der Waals surface area contributed by atoms with Gasteiger partial charge in [-0.15, -0.1) is 0 Å². The van der Waals surface area contributed by atoms with Crippen molar-refractivity contribution in [2.75, 3.05) is 0 Å². The highest BCUT2D eigenvalue weighted by Gasteiger charge is 2.19. The molecule has 0 saturated carbocycles. The maximum atomic E-state index is 9.53. The second-order valence-corrected chi connectivity index (χ2v) is 4.36. The van der Waals surface area contributed by atoms with Crippen molar-refractivity contribution >= 4 is 0 Å². The lowest BCUT2D eigenvalue weighted by Crippen LogP contribution is -2.12. The number of aryl methyl sites for hydroxylation is 1. The predicted molar refractivity (Wildman–Crippen MR) is 52.9 cm³/mol. The molecule has 0 aliphatic rings. The molecule has 0 radical (unpaired) electrons. The van der Waals surface area contributed by atoms with Gasteiger partial charge in [0.2, 0.25) is 5.88 Å². The molecule has 13 heavy (non-hydrogen) atoms. The third-order valence-electron chi connectivity index (χ3n) is 1.96. The largest absolute Gasteiger partial charge is 0.493 e. The number of hydrogen-bond acceptors (Lipinski definition) is 2. The van der Waals surface area contributed by atoms with E-state index in [1.165, 1.54) is 0 Å². The summed E-state index contributed by atoms with van der Waals surface area (Å²) in [6.45, 7) is 9.11. The van der Waals surface area contributed by atoms with Crippen LogP contribution in [-0.2, 0) is 12.0 Å². The Balaban J connectivity index is 2.95. The van der Waals surface area contributed by atoms with Crippen LogP contribution in [0.3, 0.4) is 0 Å². The van der Waals surface area contributed by atoms with E-state index >= 15 is 0 Å². The number of hydrogen-bond donors (Lipinski definition) is 1. The second-order valence-electron chi connectivity index (χ2n) is 4.36. The van der Waals surface area contributed by atoms with Crippen LogP contribution in [-0.4, -0.2) is 14.9 Å². The summed E-state index contributed by atoms with van der Waals surface area (Å²) in [6.07, 6.45) is 0.985. The number of aromatic hydroxyl groups is 1. The van der Waals surface area contributed by atoms with E-state index in [2.05, 4.69) is 32.8 Å². The molecule has 1 heterocycles. The summed E-state index contributed by atoms with van der Waals surface area (Å²) in [7, 11) is 0. The molecule has 0 bridgehead atoms. The van der Waals surface area contributed by atoms with Gasteiger partial charge in [0, 0.05) is 18.0 Å². The fourth-order valence-corrected chi connectivity index (χ4v) is 1.15. The highest BCUT2D eigenvalue weighted by molar-refractivity contribution is 5.20. The summed E-state index contributed by atoms with van der Waals surface area (Å²) in [5.41, 5.74) is 0.953. The first-order valence-electron chi connectivity index (χ1n) is 4.72. The van der Waals surface area contributed by atoms with Crippen molar-refractivity contribution in [2.45, 2.75) is 46.1 Å². The fraction of sp³-hybridized carbons (Fsp3) is 0.700. The van der Waals surface area contributed by atoms with Gasteiger partial charge in [0.1, 0.15) is 0 Å². The number of nitrogens with zero attached hydrogens (tertiary/aromatic N) is 2. The van der Waals surface area contributed by atoms with E-state index in [1.807, 2.05) is 0 Å². The minimum Gasteiger partial charge on any atom is -0.493 e. The highest BCUT2D eigenvalue weighted by atomic mass is 16.3. The zero-order valence-electron chi connectivity index (χ0n) is 8.83. The van der Waals surface area contributed by atoms with Gasteiger partial charge in [-0.2, -0.15) is 5.10 Å². The summed E-state index contributed by atoms with van der Waals surface area (Å²) in [6, 6.07) is 1.75. The Bertz CT molecular complexity index is 284. The van der Waals surface area contributed by atoms with Gasteiger partial charge >= 0.3 is 0 Å². The molecule has 3 nitrogen and oxygen atoms in total. The van der Waals surface area contributed by atoms with Crippen molar-refractivity contribution in [1.29, 1.82) is 0 Å². The van der Waals surface area contributed by atoms with Crippen molar-refractivity contribution in [3.8, 4) is 5.88 Å². The van der Waals surface area contributed by atoms with Gasteiger partial charge in [-0.3, -0.25) is 0 Å². The Morgan fingerprint density at radius 2 is 2.08 bits per heavy atom. The Morgan fingerprint density at radius 3 is 2.46 bits per heavy atom. The molecule has 1 N–H and O–H groups in total. The monoisotopic (exact) mass is 182 g/mol. The first kappa shape index (κ1) is 10.1. The zero-order chi connectivity index (χ0) is 10.1. The van der Waals surface area contributed by atoms with Gasteiger partial charge in [0.05, 0.1) is 5.69 Å². The Kier molecular flexibility index (Phi) is 2.64. The van der Waals surface area contributed by atoms with Crippen LogP contribution in [0.1, 0.15) is 39.8 Å². The molecule has 0 atom stereocenters. The minimum atomic E-state index is 0.0104. The van der Waals surface area contributed by atoms with Crippen LogP contribution in [0.5, 0.6) is 5.88 Å². The number of aromatic nitrogens is 2. The van der Waals surface area contributed by atoms with Crippen LogP contribution in [0, 0.1) is 0 Å². The van der Waals surface area contributed by atoms with Crippen molar-refractivity contribution in [3.63, 3.8) is 0 Å². The van der Waals surface area contributed by atoms with Gasteiger partial charge in [-0.1, -0.05) is 27.7 Å². The maximum Gasteiger partial charge on any atom is 0.209 e. The lowest BCUT2D eigenvalue weighted by Gasteiger charge is -2.13. The summed E-state index contributed by atoms with van der Waals surface area (Å²) in [5.74, 6) is 0.270. The molecular weight excluding hydrogens is 164 g/mol. The van der Waals surface area contributed by atoms with Crippen LogP contribution >= 0.6 is 0 Å². The summed E-state index contributed by atoms with van der Waals surface area (Å²) >= 11 is 0. The number of rotatable bonds is 2. The van der Waals surface area contributed by atoms with Gasteiger partial charge < -0.3 is 5.11 Å². The Hall–Kier alpha value is -0.990. The third-order valence-corrected chi connectivity index (χ3v) is 1.96. The lowest BCUT2D eigenvalue weighted by molar-refractivity contribution is 0.395. The molecular formula is C10H18N2O. The Morgan fingerprint density at radius 1 is 1.46 bits per heavy atom. The molecule has 1 aromatic heterocycles. The maximum absolute atomic E-state index is 9.53. The average molecular weight is 182 g/mol. The normalized spacial score (nSPS) is 12.0. The zero-order valence-corrected chi connectivity index (χ0v) is 8.83. The van der Waals surface area contributed by atoms with E-state index < -0.39 is 0 Å². The molecule has 0 aliphatic heterocycles. The van der Waals surface area contributed by atoms with E-state index in [1.54, 1.807) is 10.7 Å². The third kappa shape index (κ3) is 2.23. The Labute approximate surface area is 79.4 Å². The fourth-order valence-electron chi connectivity index (χ4n) is 1.15. The lowest BCUT2D eigenvalue weighted by atomic mass is 9.93. The van der Waals surface area contributed by atoms with E-state index in [0.717, 1.165) is 18.7 Å². The SMILES string of the molecule is CCCn1nc(C(C)(C)C)cc1O. The molecule has 0 aliphatic carbocycles. The summed E-state index contributed by atoms with van der Waals surface area (Å²) in [4.78, 5) is 0. The smallest absolute Gasteiger partial charge is 0.209 e. The predicted octanol–water partition coefficient (Wildman–Crippen LogP) is 2.30. The second kappa shape index (κ2) is 3.40. The van der Waals surface area contributed by atoms with Gasteiger partial charge in [0.15, 0.2) is 0 Å². The van der Waals surface area contributed by atoms with Crippen LogP contribution in [0.25, 0.3) is 0 Å². The van der Waals surface area contributed by atoms with Crippen LogP contribution in [0.15, 0.2) is 6.07 Å². The first-order valence-corrected chi connectivity index (χ1v) is 4.72. The van der Waals surface area contributed by atoms with Crippen molar-refractivity contribution in [1.82, 2.24) is 9.78 Å². The van der Waals surface area contributed by atoms with E-state index in [0.29, 0.717) is 0 Å². The van der Waals surface area contributed by atoms with E-state index in [-0.39, 0.29) is 11.3 Å². The average Bonchev–Trinajstić information content (AvgIpc) is 2.32. The van der Waals surface area contributed by atoms with Gasteiger partial charge in [-0.25, -0.2) is 4.68 Å². The van der Waals surface area contributed by atoms with Crippen LogP contribution in [0.4, 0.5) is 0 Å². The minimum absolute atomic E-state index is 0.0104. The molecule has 0 unspecified atom stereocenters. The highest BCUT2D eigenvalue weighted by Crippen LogP contribution is 2.24. The van der Waals surface area contributed by atoms with Crippen molar-refractivity contribution in [3.05, 3.63) is 11.8 Å². The molecule has 1 rings (SSSR count). The molecule has 0 saturated heterocycles. The van der Waals surface area contributed by atoms with Crippen molar-refractivity contribution in [2.24, 2.45) is 0 Å². The van der Waals surface area contributed by atoms with Crippen molar-refractivity contribution < 1.29 is 5.11 Å². The van der Waals surface area contributed by atoms with Gasteiger partial charge in [0.25, 0.3) is 0 Å². The van der Waals surface area contributed by atoms with Crippen LogP contribution < -0.4 is 0 Å². The standard InChI is InChI=1S/C10H18N2O/c1-5-6-12-9(13)7-8(11-12)10(2,3)4/h7,13H,5-6H2,1-4H3.